The van der Waals surface area contributed by atoms with Crippen molar-refractivity contribution in [2.45, 2.75) is 0 Å². The Kier molecular flexibility index (Phi) is 9.50. The van der Waals surface area contributed by atoms with E-state index in [1.165, 1.54) is 24.3 Å². The summed E-state index contributed by atoms with van der Waals surface area (Å²) in [5.41, 5.74) is 0.282. The largest absolute Gasteiger partial charge is 0.478 e. The molecule has 0 bridgehead atoms. The van der Waals surface area contributed by atoms with E-state index in [0.717, 1.165) is 0 Å². The number of hydrogen-bond acceptors (Lipinski definition) is 4. The lowest BCUT2D eigenvalue weighted by molar-refractivity contribution is 0.0651. The van der Waals surface area contributed by atoms with Gasteiger partial charge in [-0.1, -0.05) is 48.5 Å². The van der Waals surface area contributed by atoms with Gasteiger partial charge in [0.05, 0.1) is 22.3 Å². The van der Waals surface area contributed by atoms with Crippen LogP contribution in [0.3, 0.4) is 0 Å². The summed E-state index contributed by atoms with van der Waals surface area (Å²) < 4.78 is 0. The molecule has 3 aromatic carbocycles. The van der Waals surface area contributed by atoms with Crippen LogP contribution in [0.15, 0.2) is 84.9 Å². The zero-order valence-corrected chi connectivity index (χ0v) is 15.5. The molecule has 0 radical (unpaired) electrons. The van der Waals surface area contributed by atoms with Gasteiger partial charge >= 0.3 is 23.9 Å². The van der Waals surface area contributed by atoms with Crippen molar-refractivity contribution in [1.82, 2.24) is 0 Å². The van der Waals surface area contributed by atoms with Crippen molar-refractivity contribution in [2.75, 3.05) is 0 Å². The molecule has 0 heterocycles. The Balaban J connectivity index is 0.000000229. The summed E-state index contributed by atoms with van der Waals surface area (Å²) in [5, 5.41) is 33.9. The van der Waals surface area contributed by atoms with Gasteiger partial charge in [0, 0.05) is 0 Å². The van der Waals surface area contributed by atoms with E-state index in [-0.39, 0.29) is 11.1 Å². The molecule has 3 aromatic rings. The highest BCUT2D eigenvalue weighted by Crippen LogP contribution is 2.07. The molecule has 30 heavy (non-hydrogen) atoms. The summed E-state index contributed by atoms with van der Waals surface area (Å²) in [6, 6.07) is 22.1. The van der Waals surface area contributed by atoms with Crippen LogP contribution in [0.25, 0.3) is 0 Å². The molecule has 0 aromatic heterocycles. The van der Waals surface area contributed by atoms with E-state index >= 15 is 0 Å². The molecule has 0 unspecified atom stereocenters. The zero-order valence-electron chi connectivity index (χ0n) is 15.5. The van der Waals surface area contributed by atoms with E-state index in [4.69, 9.17) is 20.4 Å². The van der Waals surface area contributed by atoms with Crippen molar-refractivity contribution in [3.63, 3.8) is 0 Å². The smallest absolute Gasteiger partial charge is 0.336 e. The molecule has 3 rings (SSSR count). The third-order valence-corrected chi connectivity index (χ3v) is 3.43. The first-order chi connectivity index (χ1) is 14.2. The molecular formula is C22H18O8. The Morgan fingerprint density at radius 3 is 0.867 bits per heavy atom. The molecule has 8 nitrogen and oxygen atoms in total. The Bertz CT molecular complexity index is 915. The molecule has 0 atom stereocenters. The highest BCUT2D eigenvalue weighted by Gasteiger charge is 2.13. The lowest BCUT2D eigenvalue weighted by Gasteiger charge is -1.98. The molecule has 0 fully saturated rings. The summed E-state index contributed by atoms with van der Waals surface area (Å²) >= 11 is 0. The van der Waals surface area contributed by atoms with Crippen LogP contribution in [-0.2, 0) is 0 Å². The van der Waals surface area contributed by atoms with Crippen LogP contribution in [0.1, 0.15) is 41.4 Å². The molecule has 0 saturated heterocycles. The van der Waals surface area contributed by atoms with Gasteiger partial charge in [-0.15, -0.1) is 0 Å². The van der Waals surface area contributed by atoms with Crippen molar-refractivity contribution in [1.29, 1.82) is 0 Å². The Morgan fingerprint density at radius 2 is 0.667 bits per heavy atom. The molecule has 0 saturated carbocycles. The number of carboxylic acids is 4. The minimum Gasteiger partial charge on any atom is -0.478 e. The van der Waals surface area contributed by atoms with Crippen LogP contribution < -0.4 is 0 Å². The van der Waals surface area contributed by atoms with Crippen LogP contribution in [0.5, 0.6) is 0 Å². The molecule has 0 aliphatic heterocycles. The van der Waals surface area contributed by atoms with Gasteiger partial charge in [-0.3, -0.25) is 0 Å². The first kappa shape index (κ1) is 23.6. The van der Waals surface area contributed by atoms with Gasteiger partial charge < -0.3 is 20.4 Å². The molecule has 8 heteroatoms. The molecule has 0 amide bonds. The molecule has 154 valence electrons. The van der Waals surface area contributed by atoms with E-state index < -0.39 is 23.9 Å². The van der Waals surface area contributed by atoms with Crippen molar-refractivity contribution >= 4 is 23.9 Å². The highest BCUT2D eigenvalue weighted by molar-refractivity contribution is 6.01. The topological polar surface area (TPSA) is 149 Å². The van der Waals surface area contributed by atoms with Crippen LogP contribution in [0.4, 0.5) is 0 Å². The van der Waals surface area contributed by atoms with Gasteiger partial charge in [0.15, 0.2) is 0 Å². The first-order valence-corrected chi connectivity index (χ1v) is 8.36. The number of benzene rings is 3. The summed E-state index contributed by atoms with van der Waals surface area (Å²) in [6.45, 7) is 0. The predicted molar refractivity (Wildman–Crippen MR) is 107 cm³/mol. The number of carboxylic acid groups (broad SMARTS) is 4. The van der Waals surface area contributed by atoms with E-state index in [1.54, 1.807) is 60.7 Å². The van der Waals surface area contributed by atoms with Crippen molar-refractivity contribution in [3.8, 4) is 0 Å². The quantitative estimate of drug-likeness (QED) is 0.507. The fourth-order valence-electron chi connectivity index (χ4n) is 2.02. The summed E-state index contributed by atoms with van der Waals surface area (Å²) in [7, 11) is 0. The molecular weight excluding hydrogens is 392 g/mol. The van der Waals surface area contributed by atoms with Gasteiger partial charge in [-0.2, -0.15) is 0 Å². The third-order valence-electron chi connectivity index (χ3n) is 3.43. The monoisotopic (exact) mass is 410 g/mol. The predicted octanol–water partition coefficient (Wildman–Crippen LogP) is 3.85. The van der Waals surface area contributed by atoms with Gasteiger partial charge in [-0.25, -0.2) is 19.2 Å². The van der Waals surface area contributed by atoms with Gasteiger partial charge in [0.2, 0.25) is 0 Å². The molecule has 0 spiro atoms. The first-order valence-electron chi connectivity index (χ1n) is 8.36. The maximum atomic E-state index is 10.5. The second kappa shape index (κ2) is 12.1. The average Bonchev–Trinajstić information content (AvgIpc) is 2.75. The average molecular weight is 410 g/mol. The minimum absolute atomic E-state index is 0.190. The summed E-state index contributed by atoms with van der Waals surface area (Å²) in [6.07, 6.45) is 0. The van der Waals surface area contributed by atoms with Gasteiger partial charge in [0.25, 0.3) is 0 Å². The van der Waals surface area contributed by atoms with Crippen molar-refractivity contribution in [3.05, 3.63) is 107 Å². The zero-order chi connectivity index (χ0) is 22.5. The lowest BCUT2D eigenvalue weighted by Crippen LogP contribution is -2.06. The van der Waals surface area contributed by atoms with E-state index in [0.29, 0.717) is 11.1 Å². The normalized spacial score (nSPS) is 9.07. The van der Waals surface area contributed by atoms with Crippen LogP contribution in [0.2, 0.25) is 0 Å². The minimum atomic E-state index is -1.23. The van der Waals surface area contributed by atoms with Gasteiger partial charge in [0.1, 0.15) is 0 Å². The van der Waals surface area contributed by atoms with E-state index in [2.05, 4.69) is 0 Å². The van der Waals surface area contributed by atoms with Gasteiger partial charge in [-0.05, 0) is 36.4 Å². The molecule has 0 aliphatic rings. The Hall–Kier alpha value is -4.46. The fraction of sp³-hybridized carbons (Fsp3) is 0. The van der Waals surface area contributed by atoms with Crippen molar-refractivity contribution in [2.24, 2.45) is 0 Å². The van der Waals surface area contributed by atoms with Crippen LogP contribution >= 0.6 is 0 Å². The highest BCUT2D eigenvalue weighted by atomic mass is 16.4. The summed E-state index contributed by atoms with van der Waals surface area (Å²) in [5.74, 6) is -4.22. The Labute approximate surface area is 171 Å². The third kappa shape index (κ3) is 8.05. The second-order valence-electron chi connectivity index (χ2n) is 5.50. The number of rotatable bonds is 4. The number of aromatic carboxylic acids is 4. The maximum Gasteiger partial charge on any atom is 0.336 e. The maximum absolute atomic E-state index is 10.5. The van der Waals surface area contributed by atoms with E-state index in [9.17, 15) is 19.2 Å². The standard InChI is InChI=1S/C8H6O4.2C7H6O2/c9-7(10)5-3-1-2-4-6(5)8(11)12;2*8-7(9)6-4-2-1-3-5-6/h1-4H,(H,9,10)(H,11,12);2*1-5H,(H,8,9). The fourth-order valence-corrected chi connectivity index (χ4v) is 2.02. The molecule has 4 N–H and O–H groups in total. The number of hydrogen-bond donors (Lipinski definition) is 4. The number of carbonyl (C=O) groups is 4. The lowest BCUT2D eigenvalue weighted by atomic mass is 10.1. The van der Waals surface area contributed by atoms with E-state index in [1.807, 2.05) is 0 Å². The van der Waals surface area contributed by atoms with Crippen LogP contribution in [-0.4, -0.2) is 44.3 Å². The Morgan fingerprint density at radius 1 is 0.400 bits per heavy atom. The second-order valence-corrected chi connectivity index (χ2v) is 5.50. The SMILES string of the molecule is O=C(O)c1ccccc1.O=C(O)c1ccccc1.O=C(O)c1ccccc1C(=O)O. The molecule has 0 aliphatic carbocycles. The van der Waals surface area contributed by atoms with Crippen molar-refractivity contribution < 1.29 is 39.6 Å². The van der Waals surface area contributed by atoms with Crippen LogP contribution in [0, 0.1) is 0 Å². The summed E-state index contributed by atoms with van der Waals surface area (Å²) in [4.78, 5) is 41.3.